The highest BCUT2D eigenvalue weighted by atomic mass is 32.2. The van der Waals surface area contributed by atoms with Crippen molar-refractivity contribution in [1.29, 1.82) is 0 Å². The molecule has 0 saturated carbocycles. The Hall–Kier alpha value is -0.0800. The van der Waals surface area contributed by atoms with Crippen molar-refractivity contribution in [3.63, 3.8) is 0 Å². The molecule has 0 aliphatic carbocycles. The minimum absolute atomic E-state index is 1.04. The Morgan fingerprint density at radius 3 is 0.935 bits per heavy atom. The summed E-state index contributed by atoms with van der Waals surface area (Å²) in [4.78, 5) is 3.01. The molecule has 46 heavy (non-hydrogen) atoms. The Morgan fingerprint density at radius 2 is 0.652 bits per heavy atom. The predicted octanol–water partition coefficient (Wildman–Crippen LogP) is 16.8. The number of hydrogen-bond donors (Lipinski definition) is 0. The predicted molar refractivity (Wildman–Crippen MR) is 216 cm³/mol. The van der Waals surface area contributed by atoms with Gasteiger partial charge in [0.2, 0.25) is 0 Å². The van der Waals surface area contributed by atoms with Gasteiger partial charge in [-0.1, -0.05) is 207 Å². The molecule has 0 saturated heterocycles. The van der Waals surface area contributed by atoms with Crippen LogP contribution in [0.5, 0.6) is 0 Å². The first-order valence-electron chi connectivity index (χ1n) is 21.0. The summed E-state index contributed by atoms with van der Waals surface area (Å²) < 4.78 is 0. The zero-order chi connectivity index (χ0) is 33.0. The quantitative estimate of drug-likeness (QED) is 0.0509. The van der Waals surface area contributed by atoms with E-state index in [0.717, 1.165) is 6.42 Å². The molecule has 0 N–H and O–H groups in total. The van der Waals surface area contributed by atoms with Crippen molar-refractivity contribution in [2.24, 2.45) is 0 Å². The first-order chi connectivity index (χ1) is 22.8. The fourth-order valence-corrected chi connectivity index (χ4v) is 8.73. The van der Waals surface area contributed by atoms with E-state index in [-0.39, 0.29) is 0 Å². The molecule has 1 aromatic rings. The number of thioether (sulfide) groups is 2. The second kappa shape index (κ2) is 36.2. The summed E-state index contributed by atoms with van der Waals surface area (Å²) in [5.74, 6) is 2.56. The largest absolute Gasteiger partial charge is 0.126 e. The molecule has 0 nitrogen and oxygen atoms in total. The maximum Gasteiger partial charge on any atom is 0.00858 e. The van der Waals surface area contributed by atoms with E-state index in [1.807, 2.05) is 0 Å². The van der Waals surface area contributed by atoms with E-state index < -0.39 is 0 Å². The molecule has 1 aromatic carbocycles. The second-order valence-electron chi connectivity index (χ2n) is 14.4. The Bertz CT molecular complexity index is 674. The summed E-state index contributed by atoms with van der Waals surface area (Å²) in [7, 11) is 0. The molecule has 0 aliphatic heterocycles. The average molecular weight is 674 g/mol. The van der Waals surface area contributed by atoms with E-state index in [1.54, 1.807) is 0 Å². The smallest absolute Gasteiger partial charge is 0.00858 e. The summed E-state index contributed by atoms with van der Waals surface area (Å²) in [5.41, 5.74) is 1.53. The highest BCUT2D eigenvalue weighted by Crippen LogP contribution is 2.30. The fraction of sp³-hybridized carbons (Fsp3) is 0.841. The van der Waals surface area contributed by atoms with Crippen LogP contribution in [-0.4, -0.2) is 11.5 Å². The molecule has 0 aromatic heterocycles. The van der Waals surface area contributed by atoms with Crippen LogP contribution in [0.2, 0.25) is 0 Å². The van der Waals surface area contributed by atoms with Gasteiger partial charge in [0.25, 0.3) is 0 Å². The van der Waals surface area contributed by atoms with Crippen molar-refractivity contribution in [2.75, 3.05) is 11.5 Å². The van der Waals surface area contributed by atoms with Gasteiger partial charge in [-0.3, -0.25) is 0 Å². The molecule has 0 amide bonds. The summed E-state index contributed by atoms with van der Waals surface area (Å²) in [5, 5.41) is 0. The topological polar surface area (TPSA) is 0 Å². The van der Waals surface area contributed by atoms with Crippen LogP contribution in [-0.2, 0) is 6.42 Å². The molecule has 0 spiro atoms. The number of rotatable bonds is 37. The van der Waals surface area contributed by atoms with Gasteiger partial charge in [-0.05, 0) is 61.0 Å². The molecule has 2 heteroatoms. The van der Waals surface area contributed by atoms with Crippen molar-refractivity contribution in [2.45, 2.75) is 236 Å². The monoisotopic (exact) mass is 674 g/mol. The van der Waals surface area contributed by atoms with Gasteiger partial charge in [0.05, 0.1) is 0 Å². The Labute approximate surface area is 300 Å². The van der Waals surface area contributed by atoms with E-state index >= 15 is 0 Å². The maximum atomic E-state index is 4.08. The van der Waals surface area contributed by atoms with Gasteiger partial charge in [-0.25, -0.2) is 0 Å². The molecule has 0 fully saturated rings. The lowest BCUT2D eigenvalue weighted by atomic mass is 10.0. The van der Waals surface area contributed by atoms with Crippen LogP contribution in [0.4, 0.5) is 0 Å². The van der Waals surface area contributed by atoms with Crippen LogP contribution >= 0.6 is 23.5 Å². The van der Waals surface area contributed by atoms with Crippen LogP contribution in [0.1, 0.15) is 225 Å². The summed E-state index contributed by atoms with van der Waals surface area (Å²) in [6.45, 7) is 8.70. The van der Waals surface area contributed by atoms with Crippen LogP contribution in [0.3, 0.4) is 0 Å². The highest BCUT2D eigenvalue weighted by Gasteiger charge is 2.04. The summed E-state index contributed by atoms with van der Waals surface area (Å²) in [6.07, 6.45) is 46.7. The van der Waals surface area contributed by atoms with Gasteiger partial charge < -0.3 is 0 Å². The first kappa shape index (κ1) is 43.9. The Balaban J connectivity index is 2.06. The van der Waals surface area contributed by atoms with E-state index in [0.29, 0.717) is 0 Å². The van der Waals surface area contributed by atoms with Crippen molar-refractivity contribution in [3.05, 3.63) is 30.7 Å². The molecular formula is C44H81S2. The number of benzene rings is 1. The molecule has 0 aliphatic rings. The third-order valence-electron chi connectivity index (χ3n) is 9.69. The third kappa shape index (κ3) is 30.0. The van der Waals surface area contributed by atoms with Gasteiger partial charge in [-0.15, -0.1) is 23.5 Å². The molecule has 0 unspecified atom stereocenters. The molecule has 269 valence electrons. The zero-order valence-electron chi connectivity index (χ0n) is 31.5. The Morgan fingerprint density at radius 1 is 0.370 bits per heavy atom. The minimum Gasteiger partial charge on any atom is -0.126 e. The molecule has 1 rings (SSSR count). The summed E-state index contributed by atoms with van der Waals surface area (Å²) in [6, 6.07) is 7.44. The van der Waals surface area contributed by atoms with E-state index in [2.05, 4.69) is 62.5 Å². The maximum absolute atomic E-state index is 4.08. The van der Waals surface area contributed by atoms with Gasteiger partial charge in [0.1, 0.15) is 0 Å². The van der Waals surface area contributed by atoms with Crippen molar-refractivity contribution in [3.8, 4) is 0 Å². The molecule has 0 heterocycles. The fourth-order valence-electron chi connectivity index (χ4n) is 6.60. The normalized spacial score (nSPS) is 11.5. The lowest BCUT2D eigenvalue weighted by Gasteiger charge is -2.10. The van der Waals surface area contributed by atoms with Crippen LogP contribution in [0, 0.1) is 6.92 Å². The van der Waals surface area contributed by atoms with Gasteiger partial charge in [0, 0.05) is 9.79 Å². The van der Waals surface area contributed by atoms with E-state index in [9.17, 15) is 0 Å². The van der Waals surface area contributed by atoms with Gasteiger partial charge in [-0.2, -0.15) is 0 Å². The summed E-state index contributed by atoms with van der Waals surface area (Å²) >= 11 is 4.21. The molecule has 0 atom stereocenters. The highest BCUT2D eigenvalue weighted by molar-refractivity contribution is 8.00. The van der Waals surface area contributed by atoms with Crippen molar-refractivity contribution in [1.82, 2.24) is 0 Å². The average Bonchev–Trinajstić information content (AvgIpc) is 3.07. The first-order valence-corrected chi connectivity index (χ1v) is 23.0. The molecule has 0 bridgehead atoms. The van der Waals surface area contributed by atoms with Gasteiger partial charge in [0.15, 0.2) is 0 Å². The number of hydrogen-bond acceptors (Lipinski definition) is 2. The van der Waals surface area contributed by atoms with E-state index in [4.69, 9.17) is 0 Å². The molecule has 1 radical (unpaired) electrons. The van der Waals surface area contributed by atoms with E-state index in [1.165, 1.54) is 232 Å². The van der Waals surface area contributed by atoms with Crippen molar-refractivity contribution >= 4 is 23.5 Å². The standard InChI is InChI=1S/C44H81S2/c1-4-7-10-12-14-16-18-20-22-24-26-28-30-32-34-37-45-43-39-42(36-9-6-3)40-44(41-43)46-38-35-33-31-29-27-25-23-21-19-17-15-13-11-8-5-2/h39-41H,3-38H2,1-2H3. The zero-order valence-corrected chi connectivity index (χ0v) is 33.1. The van der Waals surface area contributed by atoms with Crippen molar-refractivity contribution < 1.29 is 0 Å². The molecular weight excluding hydrogens is 593 g/mol. The van der Waals surface area contributed by atoms with Crippen LogP contribution < -0.4 is 0 Å². The second-order valence-corrected chi connectivity index (χ2v) is 16.7. The Kier molecular flexibility index (Phi) is 34.6. The number of aryl methyl sites for hydroxylation is 1. The lowest BCUT2D eigenvalue weighted by molar-refractivity contribution is 0.535. The van der Waals surface area contributed by atoms with Gasteiger partial charge >= 0.3 is 0 Å². The van der Waals surface area contributed by atoms with Crippen LogP contribution in [0.15, 0.2) is 28.0 Å². The van der Waals surface area contributed by atoms with Crippen LogP contribution in [0.25, 0.3) is 0 Å². The minimum atomic E-state index is 1.04. The lowest BCUT2D eigenvalue weighted by Crippen LogP contribution is -1.90. The SMILES string of the molecule is [CH2]CCCc1cc(SCCCCCCCCCCCCCCCCC)cc(SCCCCCCCCCCCCCCCCC)c1. The third-order valence-corrected chi connectivity index (χ3v) is 11.8. The number of unbranched alkanes of at least 4 members (excludes halogenated alkanes) is 29.